The summed E-state index contributed by atoms with van der Waals surface area (Å²) >= 11 is 0. The quantitative estimate of drug-likeness (QED) is 0.470. The van der Waals surface area contributed by atoms with Gasteiger partial charge in [0.1, 0.15) is 0 Å². The first kappa shape index (κ1) is 8.72. The lowest BCUT2D eigenvalue weighted by Gasteiger charge is -2.51. The van der Waals surface area contributed by atoms with Crippen LogP contribution in [0.4, 0.5) is 0 Å². The van der Waals surface area contributed by atoms with E-state index >= 15 is 0 Å². The number of likely N-dealkylation sites (tertiary alicyclic amines) is 1. The van der Waals surface area contributed by atoms with Crippen LogP contribution in [-0.4, -0.2) is 35.5 Å². The fourth-order valence-electron chi connectivity index (χ4n) is 3.99. The second-order valence-electron chi connectivity index (χ2n) is 5.29. The van der Waals surface area contributed by atoms with Gasteiger partial charge < -0.3 is 10.1 Å². The van der Waals surface area contributed by atoms with Crippen LogP contribution in [0.1, 0.15) is 32.1 Å². The molecule has 0 bridgehead atoms. The maximum absolute atomic E-state index is 8.83. The zero-order valence-corrected chi connectivity index (χ0v) is 8.74. The predicted molar refractivity (Wildman–Crippen MR) is 54.6 cm³/mol. The fourth-order valence-corrected chi connectivity index (χ4v) is 3.99. The van der Waals surface area contributed by atoms with Crippen molar-refractivity contribution >= 4 is 5.71 Å². The Morgan fingerprint density at radius 1 is 1.50 bits per heavy atom. The van der Waals surface area contributed by atoms with Gasteiger partial charge in [-0.05, 0) is 44.1 Å². The first-order chi connectivity index (χ1) is 6.76. The second kappa shape index (κ2) is 2.72. The molecule has 2 saturated carbocycles. The molecule has 78 valence electrons. The van der Waals surface area contributed by atoms with E-state index < -0.39 is 0 Å². The molecular formula is C11H18N2O. The van der Waals surface area contributed by atoms with Crippen molar-refractivity contribution in [3.63, 3.8) is 0 Å². The number of nitrogens with zero attached hydrogens (tertiary/aromatic N) is 2. The zero-order valence-electron chi connectivity index (χ0n) is 8.74. The highest BCUT2D eigenvalue weighted by molar-refractivity contribution is 5.85. The molecule has 3 heteroatoms. The van der Waals surface area contributed by atoms with E-state index in [4.69, 9.17) is 5.21 Å². The summed E-state index contributed by atoms with van der Waals surface area (Å²) in [5.74, 6) is 0.942. The molecule has 0 aromatic heterocycles. The molecule has 1 N–H and O–H groups in total. The highest BCUT2D eigenvalue weighted by Crippen LogP contribution is 2.60. The Morgan fingerprint density at radius 3 is 3.00 bits per heavy atom. The summed E-state index contributed by atoms with van der Waals surface area (Å²) in [7, 11) is 2.23. The zero-order chi connectivity index (χ0) is 9.76. The van der Waals surface area contributed by atoms with Gasteiger partial charge in [0.15, 0.2) is 0 Å². The summed E-state index contributed by atoms with van der Waals surface area (Å²) < 4.78 is 0. The van der Waals surface area contributed by atoms with Crippen molar-refractivity contribution in [2.75, 3.05) is 13.6 Å². The maximum atomic E-state index is 8.83. The Morgan fingerprint density at radius 2 is 2.36 bits per heavy atom. The molecule has 1 saturated heterocycles. The molecule has 0 radical (unpaired) electrons. The summed E-state index contributed by atoms with van der Waals surface area (Å²) in [6.07, 6.45) is 6.12. The van der Waals surface area contributed by atoms with Gasteiger partial charge in [-0.2, -0.15) is 0 Å². The molecule has 14 heavy (non-hydrogen) atoms. The molecule has 3 unspecified atom stereocenters. The summed E-state index contributed by atoms with van der Waals surface area (Å²) in [5, 5.41) is 12.2. The lowest BCUT2D eigenvalue weighted by Crippen LogP contribution is -2.49. The predicted octanol–water partition coefficient (Wildman–Crippen LogP) is 1.71. The minimum atomic E-state index is 0.614. The lowest BCUT2D eigenvalue weighted by atomic mass is 9.54. The van der Waals surface area contributed by atoms with Crippen molar-refractivity contribution in [2.45, 2.75) is 38.1 Å². The van der Waals surface area contributed by atoms with Gasteiger partial charge in [0.25, 0.3) is 0 Å². The van der Waals surface area contributed by atoms with E-state index in [-0.39, 0.29) is 0 Å². The Bertz CT molecular complexity index is 289. The van der Waals surface area contributed by atoms with E-state index in [1.165, 1.54) is 25.8 Å². The van der Waals surface area contributed by atoms with Crippen molar-refractivity contribution < 1.29 is 5.21 Å². The largest absolute Gasteiger partial charge is 0.411 e. The van der Waals surface area contributed by atoms with Crippen LogP contribution in [0.5, 0.6) is 0 Å². The Hall–Kier alpha value is -0.570. The molecule has 3 nitrogen and oxygen atoms in total. The number of oxime groups is 1. The molecule has 0 aromatic rings. The van der Waals surface area contributed by atoms with Gasteiger partial charge in [-0.1, -0.05) is 5.16 Å². The summed E-state index contributed by atoms with van der Waals surface area (Å²) in [5.41, 5.74) is 1.63. The SMILES string of the molecule is CN1CC2CCC23CC/C(=N\O)CC13. The van der Waals surface area contributed by atoms with Crippen LogP contribution < -0.4 is 0 Å². The van der Waals surface area contributed by atoms with Crippen LogP contribution in [-0.2, 0) is 0 Å². The molecule has 1 heterocycles. The highest BCUT2D eigenvalue weighted by Gasteiger charge is 2.59. The van der Waals surface area contributed by atoms with Crippen molar-refractivity contribution in [2.24, 2.45) is 16.5 Å². The van der Waals surface area contributed by atoms with Crippen molar-refractivity contribution in [1.29, 1.82) is 0 Å². The molecule has 3 fully saturated rings. The molecular weight excluding hydrogens is 176 g/mol. The Labute approximate surface area is 84.8 Å². The Kier molecular flexibility index (Phi) is 1.69. The fraction of sp³-hybridized carbons (Fsp3) is 0.909. The van der Waals surface area contributed by atoms with Crippen LogP contribution in [0, 0.1) is 11.3 Å². The van der Waals surface area contributed by atoms with E-state index in [1.807, 2.05) is 0 Å². The van der Waals surface area contributed by atoms with Crippen LogP contribution in [0.2, 0.25) is 0 Å². The van der Waals surface area contributed by atoms with E-state index in [2.05, 4.69) is 17.1 Å². The van der Waals surface area contributed by atoms with E-state index in [0.717, 1.165) is 24.5 Å². The molecule has 3 rings (SSSR count). The summed E-state index contributed by atoms with van der Waals surface area (Å²) in [4.78, 5) is 2.49. The molecule has 3 atom stereocenters. The minimum Gasteiger partial charge on any atom is -0.411 e. The standard InChI is InChI=1S/C11H18N2O/c1-13-7-8-2-4-11(8)5-3-9(12-14)6-10(11)13/h8,10,14H,2-7H2,1H3/b12-9+. The number of hydrogen-bond acceptors (Lipinski definition) is 3. The minimum absolute atomic E-state index is 0.614. The third-order valence-electron chi connectivity index (χ3n) is 4.92. The molecule has 1 aliphatic heterocycles. The maximum Gasteiger partial charge on any atom is 0.0586 e. The van der Waals surface area contributed by atoms with Crippen molar-refractivity contribution in [3.05, 3.63) is 0 Å². The third kappa shape index (κ3) is 0.888. The van der Waals surface area contributed by atoms with Gasteiger partial charge in [-0.25, -0.2) is 0 Å². The van der Waals surface area contributed by atoms with E-state index in [0.29, 0.717) is 11.5 Å². The smallest absolute Gasteiger partial charge is 0.0586 e. The number of rotatable bonds is 0. The number of hydrogen-bond donors (Lipinski definition) is 1. The van der Waals surface area contributed by atoms with Gasteiger partial charge in [-0.15, -0.1) is 0 Å². The van der Waals surface area contributed by atoms with Gasteiger partial charge in [0.05, 0.1) is 5.71 Å². The van der Waals surface area contributed by atoms with E-state index in [9.17, 15) is 0 Å². The lowest BCUT2D eigenvalue weighted by molar-refractivity contribution is 0.0275. The average Bonchev–Trinajstić information content (AvgIpc) is 2.39. The van der Waals surface area contributed by atoms with Crippen molar-refractivity contribution in [3.8, 4) is 0 Å². The topological polar surface area (TPSA) is 35.8 Å². The second-order valence-corrected chi connectivity index (χ2v) is 5.29. The average molecular weight is 194 g/mol. The van der Waals surface area contributed by atoms with Gasteiger partial charge in [0, 0.05) is 19.0 Å². The molecule has 3 aliphatic rings. The summed E-state index contributed by atoms with van der Waals surface area (Å²) in [6, 6.07) is 0.667. The third-order valence-corrected chi connectivity index (χ3v) is 4.92. The first-order valence-corrected chi connectivity index (χ1v) is 5.66. The molecule has 2 aliphatic carbocycles. The van der Waals surface area contributed by atoms with Gasteiger partial charge in [0.2, 0.25) is 0 Å². The Balaban J connectivity index is 1.88. The first-order valence-electron chi connectivity index (χ1n) is 5.66. The monoisotopic (exact) mass is 194 g/mol. The van der Waals surface area contributed by atoms with E-state index in [1.54, 1.807) is 0 Å². The van der Waals surface area contributed by atoms with Crippen LogP contribution in [0.3, 0.4) is 0 Å². The normalized spacial score (nSPS) is 49.9. The van der Waals surface area contributed by atoms with Gasteiger partial charge in [-0.3, -0.25) is 0 Å². The van der Waals surface area contributed by atoms with Crippen LogP contribution in [0.15, 0.2) is 5.16 Å². The highest BCUT2D eigenvalue weighted by atomic mass is 16.4. The summed E-state index contributed by atoms with van der Waals surface area (Å²) in [6.45, 7) is 1.27. The molecule has 1 spiro atoms. The van der Waals surface area contributed by atoms with Crippen molar-refractivity contribution in [1.82, 2.24) is 4.90 Å². The molecule has 0 amide bonds. The van der Waals surface area contributed by atoms with Crippen LogP contribution >= 0.6 is 0 Å². The van der Waals surface area contributed by atoms with Crippen LogP contribution in [0.25, 0.3) is 0 Å². The molecule has 0 aromatic carbocycles. The van der Waals surface area contributed by atoms with Gasteiger partial charge >= 0.3 is 0 Å².